The Morgan fingerprint density at radius 2 is 1.76 bits per heavy atom. The highest BCUT2D eigenvalue weighted by atomic mass is 16.4. The van der Waals surface area contributed by atoms with Crippen LogP contribution in [0, 0.1) is 20.8 Å². The first-order valence-electron chi connectivity index (χ1n) is 9.23. The molecule has 0 unspecified atom stereocenters. The van der Waals surface area contributed by atoms with Crippen LogP contribution in [0.5, 0.6) is 0 Å². The van der Waals surface area contributed by atoms with Gasteiger partial charge in [-0.2, -0.15) is 0 Å². The lowest BCUT2D eigenvalue weighted by Gasteiger charge is -2.13. The maximum atomic E-state index is 12.3. The molecule has 0 radical (unpaired) electrons. The monoisotopic (exact) mass is 393 g/mol. The molecular formula is C22H23N3O4. The van der Waals surface area contributed by atoms with Gasteiger partial charge in [-0.05, 0) is 50.1 Å². The van der Waals surface area contributed by atoms with Crippen LogP contribution in [0.3, 0.4) is 0 Å². The van der Waals surface area contributed by atoms with Crippen LogP contribution < -0.4 is 16.2 Å². The zero-order valence-corrected chi connectivity index (χ0v) is 16.6. The fourth-order valence-corrected chi connectivity index (χ4v) is 3.15. The first kappa shape index (κ1) is 20.1. The lowest BCUT2D eigenvalue weighted by molar-refractivity contribution is -0.115. The van der Waals surface area contributed by atoms with E-state index in [2.05, 4.69) is 10.6 Å². The van der Waals surface area contributed by atoms with Crippen LogP contribution in [0.2, 0.25) is 0 Å². The molecule has 0 aliphatic carbocycles. The molecule has 3 rings (SSSR count). The van der Waals surface area contributed by atoms with Crippen LogP contribution >= 0.6 is 0 Å². The smallest absolute Gasteiger partial charge is 0.287 e. The number of furan rings is 1. The summed E-state index contributed by atoms with van der Waals surface area (Å²) in [6, 6.07) is 12.0. The van der Waals surface area contributed by atoms with Gasteiger partial charge in [-0.1, -0.05) is 23.8 Å². The fourth-order valence-electron chi connectivity index (χ4n) is 3.15. The van der Waals surface area contributed by atoms with Gasteiger partial charge in [-0.3, -0.25) is 14.4 Å². The van der Waals surface area contributed by atoms with E-state index in [0.29, 0.717) is 5.76 Å². The number of aromatic nitrogens is 1. The molecule has 7 nitrogen and oxygen atoms in total. The molecule has 0 spiro atoms. The summed E-state index contributed by atoms with van der Waals surface area (Å²) >= 11 is 0. The number of benzene rings is 1. The van der Waals surface area contributed by atoms with Crippen LogP contribution in [0.25, 0.3) is 0 Å². The number of anilines is 1. The van der Waals surface area contributed by atoms with Crippen molar-refractivity contribution in [1.29, 1.82) is 0 Å². The molecule has 0 atom stereocenters. The molecule has 29 heavy (non-hydrogen) atoms. The molecule has 3 aromatic rings. The van der Waals surface area contributed by atoms with Crippen molar-refractivity contribution >= 4 is 17.5 Å². The number of rotatable bonds is 6. The van der Waals surface area contributed by atoms with Crippen LogP contribution in [0.1, 0.15) is 33.0 Å². The van der Waals surface area contributed by atoms with Crippen molar-refractivity contribution in [2.75, 3.05) is 11.9 Å². The van der Waals surface area contributed by atoms with E-state index in [1.807, 2.05) is 32.9 Å². The van der Waals surface area contributed by atoms with Gasteiger partial charge < -0.3 is 19.6 Å². The van der Waals surface area contributed by atoms with Crippen molar-refractivity contribution < 1.29 is 14.0 Å². The van der Waals surface area contributed by atoms with Crippen LogP contribution in [-0.4, -0.2) is 22.9 Å². The Morgan fingerprint density at radius 1 is 1.03 bits per heavy atom. The molecule has 0 saturated heterocycles. The second kappa shape index (κ2) is 8.60. The molecule has 2 aromatic heterocycles. The number of carbonyl (C=O) groups excluding carboxylic acids is 2. The van der Waals surface area contributed by atoms with Crippen molar-refractivity contribution in [1.82, 2.24) is 9.88 Å². The molecule has 2 amide bonds. The summed E-state index contributed by atoms with van der Waals surface area (Å²) < 4.78 is 6.98. The second-order valence-corrected chi connectivity index (χ2v) is 6.94. The van der Waals surface area contributed by atoms with E-state index >= 15 is 0 Å². The lowest BCUT2D eigenvalue weighted by atomic mass is 10.1. The lowest BCUT2D eigenvalue weighted by Crippen LogP contribution is -2.33. The third-order valence-electron chi connectivity index (χ3n) is 4.46. The van der Waals surface area contributed by atoms with E-state index in [1.54, 1.807) is 24.4 Å². The summed E-state index contributed by atoms with van der Waals surface area (Å²) in [5.41, 5.74) is 3.65. The number of pyridine rings is 1. The molecule has 0 aliphatic heterocycles. The third kappa shape index (κ3) is 5.01. The summed E-state index contributed by atoms with van der Waals surface area (Å²) in [5, 5.41) is 5.38. The molecule has 7 heteroatoms. The van der Waals surface area contributed by atoms with E-state index in [4.69, 9.17) is 4.42 Å². The summed E-state index contributed by atoms with van der Waals surface area (Å²) in [6.07, 6.45) is 1.64. The van der Waals surface area contributed by atoms with E-state index < -0.39 is 5.91 Å². The summed E-state index contributed by atoms with van der Waals surface area (Å²) in [7, 11) is 0. The summed E-state index contributed by atoms with van der Waals surface area (Å²) in [5.74, 6) is -0.265. The summed E-state index contributed by atoms with van der Waals surface area (Å²) in [6.45, 7) is 5.89. The predicted molar refractivity (Wildman–Crippen MR) is 110 cm³/mol. The van der Waals surface area contributed by atoms with Crippen molar-refractivity contribution in [3.63, 3.8) is 0 Å². The first-order valence-corrected chi connectivity index (χ1v) is 9.23. The SMILES string of the molecule is Cc1cc(C)c(NC(=O)CNC(=O)c2ccc(Cn3ccccc3=O)o2)c(C)c1. The average Bonchev–Trinajstić information content (AvgIpc) is 3.13. The van der Waals surface area contributed by atoms with E-state index in [0.717, 1.165) is 22.4 Å². The number of nitrogens with zero attached hydrogens (tertiary/aromatic N) is 1. The molecule has 0 saturated carbocycles. The molecule has 0 bridgehead atoms. The van der Waals surface area contributed by atoms with Gasteiger partial charge in [-0.25, -0.2) is 0 Å². The van der Waals surface area contributed by atoms with Gasteiger partial charge in [0.2, 0.25) is 5.91 Å². The molecule has 0 aliphatic rings. The first-order chi connectivity index (χ1) is 13.8. The van der Waals surface area contributed by atoms with Crippen molar-refractivity contribution in [3.05, 3.63) is 87.2 Å². The highest BCUT2D eigenvalue weighted by Gasteiger charge is 2.14. The largest absolute Gasteiger partial charge is 0.454 e. The standard InChI is InChI=1S/C22H23N3O4/c1-14-10-15(2)21(16(3)11-14)24-19(26)12-23-22(28)18-8-7-17(29-18)13-25-9-5-4-6-20(25)27/h4-11H,12-13H2,1-3H3,(H,23,28)(H,24,26). The Morgan fingerprint density at radius 3 is 2.45 bits per heavy atom. The Kier molecular flexibility index (Phi) is 5.97. The molecule has 2 N–H and O–H groups in total. The number of hydrogen-bond acceptors (Lipinski definition) is 4. The molecule has 0 fully saturated rings. The van der Waals surface area contributed by atoms with E-state index in [1.165, 1.54) is 16.7 Å². The topological polar surface area (TPSA) is 93.3 Å². The number of nitrogens with one attached hydrogen (secondary N) is 2. The highest BCUT2D eigenvalue weighted by molar-refractivity contribution is 5.98. The summed E-state index contributed by atoms with van der Waals surface area (Å²) in [4.78, 5) is 36.2. The Labute approximate surface area is 168 Å². The van der Waals surface area contributed by atoms with Crippen LogP contribution in [0.4, 0.5) is 5.69 Å². The molecule has 150 valence electrons. The number of carbonyl (C=O) groups is 2. The number of hydrogen-bond donors (Lipinski definition) is 2. The average molecular weight is 393 g/mol. The Bertz CT molecular complexity index is 1090. The molecular weight excluding hydrogens is 370 g/mol. The third-order valence-corrected chi connectivity index (χ3v) is 4.46. The van der Waals surface area contributed by atoms with Gasteiger partial charge in [0.05, 0.1) is 13.1 Å². The minimum atomic E-state index is -0.496. The van der Waals surface area contributed by atoms with Gasteiger partial charge in [-0.15, -0.1) is 0 Å². The zero-order valence-electron chi connectivity index (χ0n) is 16.6. The van der Waals surface area contributed by atoms with Gasteiger partial charge in [0.15, 0.2) is 5.76 Å². The number of amides is 2. The van der Waals surface area contributed by atoms with Gasteiger partial charge >= 0.3 is 0 Å². The maximum Gasteiger partial charge on any atom is 0.287 e. The minimum absolute atomic E-state index is 0.0828. The van der Waals surface area contributed by atoms with Crippen molar-refractivity contribution in [3.8, 4) is 0 Å². The maximum absolute atomic E-state index is 12.3. The predicted octanol–water partition coefficient (Wildman–Crippen LogP) is 2.78. The number of aryl methyl sites for hydroxylation is 3. The normalized spacial score (nSPS) is 10.6. The highest BCUT2D eigenvalue weighted by Crippen LogP contribution is 2.21. The fraction of sp³-hybridized carbons (Fsp3) is 0.227. The van der Waals surface area contributed by atoms with E-state index in [9.17, 15) is 14.4 Å². The Hall–Kier alpha value is -3.61. The van der Waals surface area contributed by atoms with Crippen LogP contribution in [0.15, 0.2) is 57.9 Å². The Balaban J connectivity index is 1.57. The van der Waals surface area contributed by atoms with Crippen LogP contribution in [-0.2, 0) is 11.3 Å². The molecule has 2 heterocycles. The van der Waals surface area contributed by atoms with Gasteiger partial charge in [0, 0.05) is 18.0 Å². The minimum Gasteiger partial charge on any atom is -0.454 e. The quantitative estimate of drug-likeness (QED) is 0.673. The zero-order chi connectivity index (χ0) is 21.0. The van der Waals surface area contributed by atoms with E-state index in [-0.39, 0.29) is 30.3 Å². The van der Waals surface area contributed by atoms with Crippen molar-refractivity contribution in [2.24, 2.45) is 0 Å². The van der Waals surface area contributed by atoms with Gasteiger partial charge in [0.1, 0.15) is 5.76 Å². The van der Waals surface area contributed by atoms with Gasteiger partial charge in [0.25, 0.3) is 11.5 Å². The second-order valence-electron chi connectivity index (χ2n) is 6.94. The molecule has 1 aromatic carbocycles. The van der Waals surface area contributed by atoms with Crippen molar-refractivity contribution in [2.45, 2.75) is 27.3 Å².